The molecular formula is C103H147N11O14S5. The van der Waals surface area contributed by atoms with E-state index in [0.29, 0.717) is 71.1 Å². The van der Waals surface area contributed by atoms with Crippen molar-refractivity contribution in [1.82, 2.24) is 47.0 Å². The molecular weight excluding hydrogens is 1780 g/mol. The number of morpholine rings is 1. The molecule has 25 nitrogen and oxygen atoms in total. The fraction of sp³-hybridized carbons (Fsp3) is 0.437. The van der Waals surface area contributed by atoms with E-state index in [9.17, 15) is 46.9 Å². The molecule has 0 radical (unpaired) electrons. The van der Waals surface area contributed by atoms with Gasteiger partial charge in [-0.05, 0) is 256 Å². The molecule has 5 heterocycles. The first-order valence-corrected chi connectivity index (χ1v) is 52.8. The van der Waals surface area contributed by atoms with Crippen LogP contribution in [0.3, 0.4) is 0 Å². The molecule has 14 rings (SSSR count). The summed E-state index contributed by atoms with van der Waals surface area (Å²) < 4.78 is 145. The van der Waals surface area contributed by atoms with Crippen molar-refractivity contribution in [2.24, 2.45) is 0 Å². The minimum absolute atomic E-state index is 0.0682. The van der Waals surface area contributed by atoms with Crippen molar-refractivity contribution in [3.8, 4) is 0 Å². The van der Waals surface area contributed by atoms with Gasteiger partial charge >= 0.3 is 5.97 Å². The molecule has 4 saturated heterocycles. The number of aromatic nitrogens is 2. The van der Waals surface area contributed by atoms with Gasteiger partial charge in [0.15, 0.2) is 0 Å². The Morgan fingerprint density at radius 1 is 0.459 bits per heavy atom. The van der Waals surface area contributed by atoms with Gasteiger partial charge < -0.3 is 24.0 Å². The molecule has 9 aromatic carbocycles. The van der Waals surface area contributed by atoms with Crippen LogP contribution in [0.15, 0.2) is 243 Å². The lowest BCUT2D eigenvalue weighted by atomic mass is 9.96. The molecule has 0 amide bonds. The zero-order chi connectivity index (χ0) is 98.2. The number of hydrogen-bond donors (Lipinski definition) is 4. The second kappa shape index (κ2) is 55.7. The van der Waals surface area contributed by atoms with E-state index in [-0.39, 0.29) is 17.6 Å². The average molecular weight is 1920 g/mol. The van der Waals surface area contributed by atoms with E-state index in [2.05, 4.69) is 203 Å². The van der Waals surface area contributed by atoms with Crippen LogP contribution >= 0.6 is 0 Å². The number of likely N-dealkylation sites (tertiary alicyclic amines) is 1. The second-order valence-corrected chi connectivity index (χ2v) is 44.0. The topological polar surface area (TPSA) is 300 Å². The number of carboxylic acid groups (broad SMARTS) is 1. The van der Waals surface area contributed by atoms with Crippen LogP contribution in [0.5, 0.6) is 0 Å². The number of nitrogens with zero attached hydrogens (tertiary/aromatic N) is 8. The molecule has 30 heteroatoms. The first-order valence-electron chi connectivity index (χ1n) is 45.5. The fourth-order valence-corrected chi connectivity index (χ4v) is 21.3. The Kier molecular flexibility index (Phi) is 47.2. The van der Waals surface area contributed by atoms with Crippen molar-refractivity contribution < 1.29 is 61.5 Å². The number of imidazole rings is 1. The molecule has 133 heavy (non-hydrogen) atoms. The normalized spacial score (nSPS) is 15.6. The Morgan fingerprint density at radius 3 is 1.29 bits per heavy atom. The zero-order valence-electron chi connectivity index (χ0n) is 81.9. The van der Waals surface area contributed by atoms with Gasteiger partial charge in [0, 0.05) is 111 Å². The number of benzene rings is 9. The van der Waals surface area contributed by atoms with Gasteiger partial charge in [-0.2, -0.15) is 13.3 Å². The fourth-order valence-electron chi connectivity index (χ4n) is 14.8. The number of aryl methyl sites for hydroxylation is 15. The highest BCUT2D eigenvalue weighted by Crippen LogP contribution is 2.28. The van der Waals surface area contributed by atoms with Crippen LogP contribution in [0.1, 0.15) is 142 Å². The maximum absolute atomic E-state index is 12.5. The van der Waals surface area contributed by atoms with Crippen LogP contribution in [0.25, 0.3) is 0 Å². The molecule has 0 aliphatic carbocycles. The third kappa shape index (κ3) is 39.2. The highest BCUT2D eigenvalue weighted by molar-refractivity contribution is 7.90. The third-order valence-corrected chi connectivity index (χ3v) is 31.0. The van der Waals surface area contributed by atoms with E-state index < -0.39 is 62.1 Å². The molecule has 4 aliphatic heterocycles. The first-order chi connectivity index (χ1) is 62.8. The lowest BCUT2D eigenvalue weighted by molar-refractivity contribution is -0.140. The third-order valence-electron chi connectivity index (χ3n) is 22.7. The summed E-state index contributed by atoms with van der Waals surface area (Å²) in [7, 11) is -9.46. The SMILES string of the molecule is COCCN1CCN(S(=O)(=O)c2ccc(C)cc2)CC1.Cc1cc(C)cc(C)c1.Cc1ccc(C)c(C(C)C)c1.Cc1ccc(C)c(C)c1.Cc1ccc(S(=O)(=O)N2CCCC2C(=O)O)cc1.Cc1ccc(S(=O)(=O)NC2CCCN2C)cc1.Cc1ccc(S(=O)(=O)NCCCN2CCOCC2)cc1.Cc1ccc(S(=O)(=O)NCCCn2ccnc2)cc1.Cc1ccccc1N(C)C. The molecule has 0 spiro atoms. The smallest absolute Gasteiger partial charge is 0.322 e. The van der Waals surface area contributed by atoms with Gasteiger partial charge in [0.1, 0.15) is 6.04 Å². The Labute approximate surface area is 797 Å². The van der Waals surface area contributed by atoms with Crippen LogP contribution in [0, 0.1) is 96.9 Å². The maximum atomic E-state index is 12.5. The number of carboxylic acids is 1. The van der Waals surface area contributed by atoms with Crippen molar-refractivity contribution in [3.63, 3.8) is 0 Å². The van der Waals surface area contributed by atoms with Crippen LogP contribution in [-0.2, 0) is 70.9 Å². The molecule has 1 aromatic heterocycles. The van der Waals surface area contributed by atoms with Gasteiger partial charge in [-0.1, -0.05) is 203 Å². The number of piperazine rings is 1. The van der Waals surface area contributed by atoms with Crippen molar-refractivity contribution in [1.29, 1.82) is 0 Å². The largest absolute Gasteiger partial charge is 0.480 e. The molecule has 0 saturated carbocycles. The highest BCUT2D eigenvalue weighted by Gasteiger charge is 2.39. The molecule has 0 bridgehead atoms. The number of hydrogen-bond acceptors (Lipinski definition) is 18. The van der Waals surface area contributed by atoms with E-state index in [0.717, 1.165) is 123 Å². The Hall–Kier alpha value is -9.19. The van der Waals surface area contributed by atoms with Crippen LogP contribution in [0.4, 0.5) is 5.69 Å². The van der Waals surface area contributed by atoms with E-state index in [4.69, 9.17) is 14.6 Å². The minimum Gasteiger partial charge on any atom is -0.480 e. The summed E-state index contributed by atoms with van der Waals surface area (Å²) in [6.45, 7) is 44.6. The number of sulfonamides is 5. The first kappa shape index (κ1) is 113. The standard InChI is InChI=1S/2C14H22N2O3S.C13H17N3O2S.C12H18N2O2S.C12H15NO4S.C11H16.C9H13N.2C9H12/c1-13-3-5-14(6-4-13)20(17,18)16-9-7-15(8-10-16)11-12-19-2;1-13-3-5-14(6-4-13)20(17,18)15-7-2-8-16-9-11-19-12-10-16;1-12-3-5-13(6-4-12)19(17,18)15-7-2-9-16-10-8-14-11-16;1-10-5-7-11(8-6-10)17(15,16)13-12-4-3-9-14(12)2;1-9-4-6-10(7-5-9)18(16,17)13-8-2-3-11(13)12(14)15;1-8(2)11-7-9(3)5-6-10(11)4;1-8-6-4-5-7-9(8)10(2)3;1-7-4-8(2)6-9(3)5-7;1-7-4-5-8(2)9(3)6-7/h3-6H,7-12H2,1-2H3;3-6,15H,2,7-12H2,1H3;3-6,8,10-11,15H,2,7,9H2,1H3;5-8,12-13H,3-4,9H2,1-2H3;4-7,11H,2-3,8H2,1H3,(H,14,15);5-8H,1-4H3;4-7H,1-3H3;2*4-6H,1-3H3. The molecule has 10 aromatic rings. The Bertz CT molecular complexity index is 5710. The number of carbonyl (C=O) groups is 1. The Balaban J connectivity index is 0.000000233. The summed E-state index contributed by atoms with van der Waals surface area (Å²) >= 11 is 0. The van der Waals surface area contributed by atoms with Crippen LogP contribution in [0.2, 0.25) is 0 Å². The summed E-state index contributed by atoms with van der Waals surface area (Å²) in [5.41, 5.74) is 20.2. The number of anilines is 1. The Morgan fingerprint density at radius 2 is 0.887 bits per heavy atom. The monoisotopic (exact) mass is 1920 g/mol. The molecule has 4 aliphatic rings. The van der Waals surface area contributed by atoms with Crippen LogP contribution in [-0.4, -0.2) is 225 Å². The van der Waals surface area contributed by atoms with Gasteiger partial charge in [-0.15, -0.1) is 0 Å². The number of rotatable bonds is 25. The van der Waals surface area contributed by atoms with Crippen molar-refractivity contribution >= 4 is 61.8 Å². The van der Waals surface area contributed by atoms with Gasteiger partial charge in [-0.3, -0.25) is 19.5 Å². The number of methoxy groups -OCH3 is 1. The van der Waals surface area contributed by atoms with E-state index in [1.54, 1.807) is 96.7 Å². The second-order valence-electron chi connectivity index (χ2n) is 34.9. The lowest BCUT2D eigenvalue weighted by Crippen LogP contribution is -2.49. The number of aliphatic carboxylic acids is 1. The summed E-state index contributed by atoms with van der Waals surface area (Å²) in [6.07, 6.45) is 9.62. The van der Waals surface area contributed by atoms with Gasteiger partial charge in [0.25, 0.3) is 0 Å². The predicted octanol–water partition coefficient (Wildman–Crippen LogP) is 16.8. The number of ether oxygens (including phenoxy) is 2. The summed E-state index contributed by atoms with van der Waals surface area (Å²) in [5, 5.41) is 9.03. The number of nitrogens with one attached hydrogen (secondary N) is 3. The van der Waals surface area contributed by atoms with Crippen molar-refractivity contribution in [3.05, 3.63) is 302 Å². The van der Waals surface area contributed by atoms with E-state index >= 15 is 0 Å². The molecule has 4 N–H and O–H groups in total. The van der Waals surface area contributed by atoms with E-state index in [1.165, 1.54) is 73.5 Å². The average Bonchev–Trinajstić information content (AvgIpc) is 1.75. The quantitative estimate of drug-likeness (QED) is 0.0386. The predicted molar refractivity (Wildman–Crippen MR) is 539 cm³/mol. The highest BCUT2D eigenvalue weighted by atomic mass is 32.2. The zero-order valence-corrected chi connectivity index (χ0v) is 86.0. The lowest BCUT2D eigenvalue weighted by Gasteiger charge is -2.33. The minimum atomic E-state index is -3.70. The van der Waals surface area contributed by atoms with Gasteiger partial charge in [-0.25, -0.2) is 56.5 Å². The summed E-state index contributed by atoms with van der Waals surface area (Å²) in [6, 6.07) is 61.2. The van der Waals surface area contributed by atoms with Crippen molar-refractivity contribution in [2.75, 3.05) is 132 Å². The molecule has 2 atom stereocenters. The van der Waals surface area contributed by atoms with Gasteiger partial charge in [0.05, 0.1) is 56.8 Å². The van der Waals surface area contributed by atoms with Gasteiger partial charge in [0.2, 0.25) is 50.1 Å². The van der Waals surface area contributed by atoms with E-state index in [1.807, 2.05) is 93.7 Å². The maximum Gasteiger partial charge on any atom is 0.322 e. The number of para-hydroxylation sites is 1. The molecule has 728 valence electrons. The van der Waals surface area contributed by atoms with Crippen molar-refractivity contribution in [2.45, 2.75) is 198 Å². The van der Waals surface area contributed by atoms with Crippen LogP contribution < -0.4 is 19.1 Å². The summed E-state index contributed by atoms with van der Waals surface area (Å²) in [5.74, 6) is -0.432. The molecule has 4 fully saturated rings. The summed E-state index contributed by atoms with van der Waals surface area (Å²) in [4.78, 5) is 25.2. The molecule has 2 unspecified atom stereocenters.